The van der Waals surface area contributed by atoms with Gasteiger partial charge < -0.3 is 0 Å². The first-order valence-electron chi connectivity index (χ1n) is 8.10. The average Bonchev–Trinajstić information content (AvgIpc) is 3.05. The van der Waals surface area contributed by atoms with E-state index in [0.717, 1.165) is 16.3 Å². The second-order valence-electron chi connectivity index (χ2n) is 6.09. The maximum atomic E-state index is 12.9. The van der Waals surface area contributed by atoms with Gasteiger partial charge in [-0.1, -0.05) is 42.0 Å². The quantitative estimate of drug-likeness (QED) is 0.668. The fourth-order valence-corrected chi connectivity index (χ4v) is 4.52. The van der Waals surface area contributed by atoms with Gasteiger partial charge in [-0.3, -0.25) is 0 Å². The molecule has 0 atom stereocenters. The van der Waals surface area contributed by atoms with E-state index in [-0.39, 0.29) is 18.1 Å². The Labute approximate surface area is 156 Å². The molecule has 3 rings (SSSR count). The average molecular weight is 391 g/mol. The fourth-order valence-electron chi connectivity index (χ4n) is 2.44. The molecular formula is C19H19FN2O2S2. The lowest BCUT2D eigenvalue weighted by Crippen LogP contribution is -2.24. The molecule has 0 amide bonds. The van der Waals surface area contributed by atoms with Crippen LogP contribution in [-0.2, 0) is 28.7 Å². The molecule has 1 heterocycles. The molecule has 26 heavy (non-hydrogen) atoms. The van der Waals surface area contributed by atoms with Crippen molar-refractivity contribution in [3.8, 4) is 0 Å². The minimum absolute atomic E-state index is 0.155. The summed E-state index contributed by atoms with van der Waals surface area (Å²) < 4.78 is 39.8. The SMILES string of the molecule is Cc1ccc(Cc2cnc(CNS(=O)(=O)Cc3ccc(F)cc3)s2)cc1. The van der Waals surface area contributed by atoms with Crippen LogP contribution in [0.1, 0.15) is 26.6 Å². The number of aryl methyl sites for hydroxylation is 1. The highest BCUT2D eigenvalue weighted by atomic mass is 32.2. The van der Waals surface area contributed by atoms with Crippen molar-refractivity contribution in [2.75, 3.05) is 0 Å². The number of rotatable bonds is 7. The Balaban J connectivity index is 1.56. The molecular weight excluding hydrogens is 371 g/mol. The summed E-state index contributed by atoms with van der Waals surface area (Å²) in [4.78, 5) is 5.38. The number of halogens is 1. The lowest BCUT2D eigenvalue weighted by atomic mass is 10.1. The largest absolute Gasteiger partial charge is 0.248 e. The highest BCUT2D eigenvalue weighted by molar-refractivity contribution is 7.88. The number of benzene rings is 2. The maximum Gasteiger partial charge on any atom is 0.216 e. The van der Waals surface area contributed by atoms with Crippen LogP contribution in [0.2, 0.25) is 0 Å². The molecule has 7 heteroatoms. The third-order valence-corrected chi connectivity index (χ3v) is 6.11. The van der Waals surface area contributed by atoms with Gasteiger partial charge in [-0.25, -0.2) is 22.5 Å². The molecule has 0 bridgehead atoms. The Morgan fingerprint density at radius 2 is 1.69 bits per heavy atom. The molecule has 0 fully saturated rings. The Bertz CT molecular complexity index is 966. The molecule has 1 N–H and O–H groups in total. The predicted molar refractivity (Wildman–Crippen MR) is 102 cm³/mol. The van der Waals surface area contributed by atoms with Crippen LogP contribution in [0.5, 0.6) is 0 Å². The van der Waals surface area contributed by atoms with Crippen molar-refractivity contribution in [2.24, 2.45) is 0 Å². The minimum Gasteiger partial charge on any atom is -0.248 e. The van der Waals surface area contributed by atoms with Gasteiger partial charge in [0.2, 0.25) is 10.0 Å². The summed E-state index contributed by atoms with van der Waals surface area (Å²) in [5.74, 6) is -0.572. The normalized spacial score (nSPS) is 11.6. The van der Waals surface area contributed by atoms with E-state index in [4.69, 9.17) is 0 Å². The first kappa shape index (κ1) is 18.7. The number of thiazole rings is 1. The Kier molecular flexibility index (Phi) is 5.80. The van der Waals surface area contributed by atoms with Crippen molar-refractivity contribution >= 4 is 21.4 Å². The van der Waals surface area contributed by atoms with Crippen molar-refractivity contribution < 1.29 is 12.8 Å². The summed E-state index contributed by atoms with van der Waals surface area (Å²) in [6.07, 6.45) is 2.56. The third kappa shape index (κ3) is 5.45. The van der Waals surface area contributed by atoms with E-state index < -0.39 is 10.0 Å². The van der Waals surface area contributed by atoms with Crippen LogP contribution in [0.4, 0.5) is 4.39 Å². The molecule has 0 spiro atoms. The zero-order valence-electron chi connectivity index (χ0n) is 14.3. The molecule has 3 aromatic rings. The number of hydrogen-bond acceptors (Lipinski definition) is 4. The van der Waals surface area contributed by atoms with E-state index in [9.17, 15) is 12.8 Å². The number of nitrogens with one attached hydrogen (secondary N) is 1. The van der Waals surface area contributed by atoms with Crippen LogP contribution < -0.4 is 4.72 Å². The van der Waals surface area contributed by atoms with E-state index in [1.54, 1.807) is 6.20 Å². The number of nitrogens with zero attached hydrogens (tertiary/aromatic N) is 1. The van der Waals surface area contributed by atoms with E-state index in [2.05, 4.69) is 34.0 Å². The summed E-state index contributed by atoms with van der Waals surface area (Å²) in [5, 5.41) is 0.717. The maximum absolute atomic E-state index is 12.9. The molecule has 0 aliphatic carbocycles. The van der Waals surface area contributed by atoms with Crippen molar-refractivity contribution in [2.45, 2.75) is 25.6 Å². The van der Waals surface area contributed by atoms with Crippen LogP contribution >= 0.6 is 11.3 Å². The monoisotopic (exact) mass is 390 g/mol. The molecule has 0 aliphatic rings. The van der Waals surface area contributed by atoms with E-state index in [0.29, 0.717) is 5.56 Å². The first-order valence-corrected chi connectivity index (χ1v) is 10.6. The van der Waals surface area contributed by atoms with E-state index >= 15 is 0 Å². The van der Waals surface area contributed by atoms with Crippen molar-refractivity contribution in [3.05, 3.63) is 87.1 Å². The van der Waals surface area contributed by atoms with Gasteiger partial charge in [0.15, 0.2) is 0 Å². The Morgan fingerprint density at radius 3 is 2.38 bits per heavy atom. The molecule has 0 aliphatic heterocycles. The zero-order valence-corrected chi connectivity index (χ0v) is 15.9. The van der Waals surface area contributed by atoms with Crippen LogP contribution in [0, 0.1) is 12.7 Å². The lowest BCUT2D eigenvalue weighted by molar-refractivity contribution is 0.580. The van der Waals surface area contributed by atoms with E-state index in [1.165, 1.54) is 46.7 Å². The van der Waals surface area contributed by atoms with Gasteiger partial charge in [0.05, 0.1) is 12.3 Å². The molecule has 1 aromatic heterocycles. The van der Waals surface area contributed by atoms with Gasteiger partial charge in [0.25, 0.3) is 0 Å². The lowest BCUT2D eigenvalue weighted by Gasteiger charge is -2.05. The molecule has 0 saturated carbocycles. The molecule has 4 nitrogen and oxygen atoms in total. The highest BCUT2D eigenvalue weighted by Gasteiger charge is 2.13. The van der Waals surface area contributed by atoms with Crippen molar-refractivity contribution in [3.63, 3.8) is 0 Å². The number of sulfonamides is 1. The second kappa shape index (κ2) is 8.07. The summed E-state index contributed by atoms with van der Waals surface area (Å²) in [5.41, 5.74) is 2.95. The standard InChI is InChI=1S/C19H19FN2O2S2/c1-14-2-4-15(5-3-14)10-18-11-21-19(25-18)12-22-26(23,24)13-16-6-8-17(20)9-7-16/h2-9,11,22H,10,12-13H2,1H3. The Morgan fingerprint density at radius 1 is 1.04 bits per heavy atom. The van der Waals surface area contributed by atoms with Crippen LogP contribution in [-0.4, -0.2) is 13.4 Å². The molecule has 0 saturated heterocycles. The summed E-state index contributed by atoms with van der Waals surface area (Å²) in [7, 11) is -3.51. The van der Waals surface area contributed by atoms with Crippen LogP contribution in [0.15, 0.2) is 54.7 Å². The summed E-state index contributed by atoms with van der Waals surface area (Å²) >= 11 is 1.49. The fraction of sp³-hybridized carbons (Fsp3) is 0.211. The van der Waals surface area contributed by atoms with Crippen molar-refractivity contribution in [1.29, 1.82) is 0 Å². The minimum atomic E-state index is -3.51. The topological polar surface area (TPSA) is 59.1 Å². The van der Waals surface area contributed by atoms with Gasteiger partial charge in [-0.05, 0) is 30.2 Å². The molecule has 0 unspecified atom stereocenters. The van der Waals surface area contributed by atoms with Gasteiger partial charge in [0, 0.05) is 17.5 Å². The van der Waals surface area contributed by atoms with Gasteiger partial charge in [0.1, 0.15) is 10.8 Å². The molecule has 136 valence electrons. The summed E-state index contributed by atoms with van der Waals surface area (Å²) in [6, 6.07) is 13.8. The number of aromatic nitrogens is 1. The zero-order chi connectivity index (χ0) is 18.6. The van der Waals surface area contributed by atoms with E-state index in [1.807, 2.05) is 6.92 Å². The Hall–Kier alpha value is -2.09. The second-order valence-corrected chi connectivity index (χ2v) is 9.10. The van der Waals surface area contributed by atoms with Crippen LogP contribution in [0.3, 0.4) is 0 Å². The third-order valence-electron chi connectivity index (χ3n) is 3.81. The highest BCUT2D eigenvalue weighted by Crippen LogP contribution is 2.18. The van der Waals surface area contributed by atoms with Gasteiger partial charge in [-0.2, -0.15) is 0 Å². The predicted octanol–water partition coefficient (Wildman–Crippen LogP) is 3.80. The summed E-state index contributed by atoms with van der Waals surface area (Å²) in [6.45, 7) is 2.20. The molecule has 2 aromatic carbocycles. The first-order chi connectivity index (χ1) is 12.4. The number of hydrogen-bond donors (Lipinski definition) is 1. The van der Waals surface area contributed by atoms with Gasteiger partial charge in [-0.15, -0.1) is 11.3 Å². The molecule has 0 radical (unpaired) electrons. The smallest absolute Gasteiger partial charge is 0.216 e. The van der Waals surface area contributed by atoms with Crippen LogP contribution in [0.25, 0.3) is 0 Å². The van der Waals surface area contributed by atoms with Gasteiger partial charge >= 0.3 is 0 Å². The van der Waals surface area contributed by atoms with Crippen molar-refractivity contribution in [1.82, 2.24) is 9.71 Å².